The third-order valence-corrected chi connectivity index (χ3v) is 4.01. The van der Waals surface area contributed by atoms with Crippen molar-refractivity contribution in [2.75, 3.05) is 32.7 Å². The van der Waals surface area contributed by atoms with E-state index >= 15 is 0 Å². The highest BCUT2D eigenvalue weighted by atomic mass is 16.1. The van der Waals surface area contributed by atoms with Crippen LogP contribution in [0.2, 0.25) is 0 Å². The smallest absolute Gasteiger partial charge is 0.231 e. The topological polar surface area (TPSA) is 49.6 Å². The van der Waals surface area contributed by atoms with Crippen LogP contribution in [0.1, 0.15) is 46.0 Å². The first-order chi connectivity index (χ1) is 8.67. The van der Waals surface area contributed by atoms with E-state index in [2.05, 4.69) is 23.6 Å². The number of hydrogen-bond donors (Lipinski definition) is 1. The molecule has 0 bridgehead atoms. The molecule has 4 nitrogen and oxygen atoms in total. The van der Waals surface area contributed by atoms with Crippen molar-refractivity contribution >= 4 is 5.91 Å². The Hall–Kier alpha value is -0.610. The molecule has 18 heavy (non-hydrogen) atoms. The Labute approximate surface area is 111 Å². The lowest BCUT2D eigenvalue weighted by Gasteiger charge is -2.35. The van der Waals surface area contributed by atoms with Crippen LogP contribution in [0.15, 0.2) is 0 Å². The lowest BCUT2D eigenvalue weighted by molar-refractivity contribution is -0.120. The molecule has 4 heteroatoms. The van der Waals surface area contributed by atoms with E-state index in [0.29, 0.717) is 12.6 Å². The number of carbonyl (C=O) groups is 1. The fourth-order valence-electron chi connectivity index (χ4n) is 2.89. The van der Waals surface area contributed by atoms with Gasteiger partial charge in [-0.3, -0.25) is 9.69 Å². The van der Waals surface area contributed by atoms with Crippen molar-refractivity contribution in [3.8, 4) is 0 Å². The number of nitrogens with two attached hydrogens (primary N) is 1. The van der Waals surface area contributed by atoms with E-state index in [0.717, 1.165) is 19.6 Å². The molecule has 1 heterocycles. The third kappa shape index (κ3) is 5.36. The molecule has 1 saturated heterocycles. The average molecular weight is 255 g/mol. The molecule has 0 aromatic carbocycles. The zero-order valence-corrected chi connectivity index (χ0v) is 12.0. The standard InChI is InChI=1S/C14H29N3O/c1-3-16(4-2)10-7-9-13-8-5-6-11-17(13)12-14(15)18/h13H,3-12H2,1-2H3,(H2,15,18). The van der Waals surface area contributed by atoms with E-state index in [1.165, 1.54) is 38.6 Å². The SMILES string of the molecule is CCN(CC)CCCC1CCCCN1CC(N)=O. The number of primary amides is 1. The van der Waals surface area contributed by atoms with E-state index in [1.807, 2.05) is 0 Å². The number of carbonyl (C=O) groups excluding carboxylic acids is 1. The fraction of sp³-hybridized carbons (Fsp3) is 0.929. The molecule has 1 rings (SSSR count). The second kappa shape index (κ2) is 8.48. The van der Waals surface area contributed by atoms with E-state index < -0.39 is 0 Å². The first-order valence-electron chi connectivity index (χ1n) is 7.42. The summed E-state index contributed by atoms with van der Waals surface area (Å²) in [6, 6.07) is 0.571. The highest BCUT2D eigenvalue weighted by molar-refractivity contribution is 5.75. The molecule has 0 aliphatic carbocycles. The molecule has 1 unspecified atom stereocenters. The second-order valence-corrected chi connectivity index (χ2v) is 5.26. The van der Waals surface area contributed by atoms with Crippen LogP contribution in [0.25, 0.3) is 0 Å². The molecule has 0 aromatic heterocycles. The summed E-state index contributed by atoms with van der Waals surface area (Å²) in [5.41, 5.74) is 5.32. The van der Waals surface area contributed by atoms with Gasteiger partial charge in [0.2, 0.25) is 5.91 Å². The maximum atomic E-state index is 11.1. The van der Waals surface area contributed by atoms with Gasteiger partial charge in [-0.25, -0.2) is 0 Å². The van der Waals surface area contributed by atoms with E-state index in [1.54, 1.807) is 0 Å². The van der Waals surface area contributed by atoms with Crippen molar-refractivity contribution < 1.29 is 4.79 Å². The summed E-state index contributed by atoms with van der Waals surface area (Å²) in [4.78, 5) is 15.8. The number of nitrogens with zero attached hydrogens (tertiary/aromatic N) is 2. The summed E-state index contributed by atoms with van der Waals surface area (Å²) in [6.45, 7) is 9.34. The molecule has 1 aliphatic rings. The second-order valence-electron chi connectivity index (χ2n) is 5.26. The molecule has 0 spiro atoms. The van der Waals surface area contributed by atoms with Crippen LogP contribution in [0.4, 0.5) is 0 Å². The summed E-state index contributed by atoms with van der Waals surface area (Å²) in [7, 11) is 0. The maximum absolute atomic E-state index is 11.1. The summed E-state index contributed by atoms with van der Waals surface area (Å²) in [6.07, 6.45) is 6.15. The Morgan fingerprint density at radius 3 is 2.67 bits per heavy atom. The lowest BCUT2D eigenvalue weighted by atomic mass is 9.98. The van der Waals surface area contributed by atoms with Crippen LogP contribution in [-0.2, 0) is 4.79 Å². The van der Waals surface area contributed by atoms with Crippen molar-refractivity contribution in [1.82, 2.24) is 9.80 Å². The normalized spacial score (nSPS) is 21.4. The summed E-state index contributed by atoms with van der Waals surface area (Å²) >= 11 is 0. The van der Waals surface area contributed by atoms with Crippen LogP contribution in [0.5, 0.6) is 0 Å². The number of likely N-dealkylation sites (tertiary alicyclic amines) is 1. The molecular formula is C14H29N3O. The van der Waals surface area contributed by atoms with Gasteiger partial charge in [-0.15, -0.1) is 0 Å². The summed E-state index contributed by atoms with van der Waals surface area (Å²) in [5, 5.41) is 0. The molecule has 1 amide bonds. The predicted molar refractivity (Wildman–Crippen MR) is 75.4 cm³/mol. The number of hydrogen-bond acceptors (Lipinski definition) is 3. The van der Waals surface area contributed by atoms with E-state index in [-0.39, 0.29) is 5.91 Å². The largest absolute Gasteiger partial charge is 0.369 e. The van der Waals surface area contributed by atoms with Gasteiger partial charge >= 0.3 is 0 Å². The van der Waals surface area contributed by atoms with Gasteiger partial charge in [0.05, 0.1) is 6.54 Å². The van der Waals surface area contributed by atoms with Crippen molar-refractivity contribution in [3.05, 3.63) is 0 Å². The Bertz CT molecular complexity index is 241. The molecular weight excluding hydrogens is 226 g/mol. The molecule has 0 radical (unpaired) electrons. The van der Waals surface area contributed by atoms with Crippen LogP contribution in [0.3, 0.4) is 0 Å². The first kappa shape index (κ1) is 15.4. The van der Waals surface area contributed by atoms with Crippen molar-refractivity contribution in [2.24, 2.45) is 5.73 Å². The maximum Gasteiger partial charge on any atom is 0.231 e. The Morgan fingerprint density at radius 1 is 1.33 bits per heavy atom. The third-order valence-electron chi connectivity index (χ3n) is 4.01. The van der Waals surface area contributed by atoms with Crippen LogP contribution in [0, 0.1) is 0 Å². The molecule has 1 aliphatic heterocycles. The first-order valence-corrected chi connectivity index (χ1v) is 7.42. The minimum absolute atomic E-state index is 0.189. The molecule has 106 valence electrons. The average Bonchev–Trinajstić information content (AvgIpc) is 2.36. The number of rotatable bonds is 8. The van der Waals surface area contributed by atoms with Crippen molar-refractivity contribution in [1.29, 1.82) is 0 Å². The van der Waals surface area contributed by atoms with Gasteiger partial charge in [0.1, 0.15) is 0 Å². The fourth-order valence-corrected chi connectivity index (χ4v) is 2.89. The Morgan fingerprint density at radius 2 is 2.06 bits per heavy atom. The minimum Gasteiger partial charge on any atom is -0.369 e. The Balaban J connectivity index is 2.30. The monoisotopic (exact) mass is 255 g/mol. The molecule has 0 saturated carbocycles. The highest BCUT2D eigenvalue weighted by Crippen LogP contribution is 2.20. The molecule has 2 N–H and O–H groups in total. The van der Waals surface area contributed by atoms with Gasteiger partial charge in [-0.1, -0.05) is 20.3 Å². The molecule has 1 atom stereocenters. The van der Waals surface area contributed by atoms with Gasteiger partial charge in [0.15, 0.2) is 0 Å². The van der Waals surface area contributed by atoms with E-state index in [4.69, 9.17) is 5.73 Å². The van der Waals surface area contributed by atoms with Gasteiger partial charge in [-0.05, 0) is 51.9 Å². The predicted octanol–water partition coefficient (Wildman–Crippen LogP) is 1.45. The van der Waals surface area contributed by atoms with Crippen LogP contribution in [-0.4, -0.2) is 54.5 Å². The van der Waals surface area contributed by atoms with Crippen molar-refractivity contribution in [3.63, 3.8) is 0 Å². The Kier molecular flexibility index (Phi) is 7.28. The summed E-state index contributed by atoms with van der Waals surface area (Å²) < 4.78 is 0. The lowest BCUT2D eigenvalue weighted by Crippen LogP contribution is -2.44. The van der Waals surface area contributed by atoms with Crippen LogP contribution >= 0.6 is 0 Å². The van der Waals surface area contributed by atoms with Crippen molar-refractivity contribution in [2.45, 2.75) is 52.0 Å². The molecule has 1 fully saturated rings. The van der Waals surface area contributed by atoms with Gasteiger partial charge in [-0.2, -0.15) is 0 Å². The number of piperidine rings is 1. The molecule has 0 aromatic rings. The van der Waals surface area contributed by atoms with Gasteiger partial charge in [0, 0.05) is 6.04 Å². The zero-order chi connectivity index (χ0) is 13.4. The number of amides is 1. The summed E-state index contributed by atoms with van der Waals surface area (Å²) in [5.74, 6) is -0.189. The zero-order valence-electron chi connectivity index (χ0n) is 12.0. The van der Waals surface area contributed by atoms with Gasteiger partial charge in [0.25, 0.3) is 0 Å². The quantitative estimate of drug-likeness (QED) is 0.714. The van der Waals surface area contributed by atoms with Gasteiger partial charge < -0.3 is 10.6 Å². The highest BCUT2D eigenvalue weighted by Gasteiger charge is 2.23. The minimum atomic E-state index is -0.189. The van der Waals surface area contributed by atoms with Crippen LogP contribution < -0.4 is 5.73 Å². The van der Waals surface area contributed by atoms with E-state index in [9.17, 15) is 4.79 Å².